The quantitative estimate of drug-likeness (QED) is 0.486. The summed E-state index contributed by atoms with van der Waals surface area (Å²) in [7, 11) is 1.38. The van der Waals surface area contributed by atoms with Gasteiger partial charge in [-0.1, -0.05) is 66.2 Å². The molecule has 0 saturated carbocycles. The van der Waals surface area contributed by atoms with Crippen LogP contribution in [0.2, 0.25) is 0 Å². The number of rotatable bonds is 4. The summed E-state index contributed by atoms with van der Waals surface area (Å²) < 4.78 is 10.6. The Morgan fingerprint density at radius 3 is 2.61 bits per heavy atom. The standard InChI is InChI=1S/C26H27ClN2O4/c1-17(27)33-25(31)29-21-11-7-6-10-20(21)26-14-15-28(16-18-8-4-3-5-9-18)22(26)13-12-19(23(26)29)24(30)32-2/h3-12,17,22-23H,13-16H2,1-2H3/t17?,22-,23-,26+/m0/s1. The van der Waals surface area contributed by atoms with Gasteiger partial charge < -0.3 is 9.47 Å². The maximum absolute atomic E-state index is 13.3. The molecule has 2 aromatic rings. The Bertz CT molecular complexity index is 1100. The monoisotopic (exact) mass is 466 g/mol. The number of hydrogen-bond acceptors (Lipinski definition) is 5. The van der Waals surface area contributed by atoms with Gasteiger partial charge in [-0.2, -0.15) is 0 Å². The molecule has 4 atom stereocenters. The zero-order valence-corrected chi connectivity index (χ0v) is 19.5. The van der Waals surface area contributed by atoms with Crippen molar-refractivity contribution in [2.45, 2.75) is 49.4 Å². The minimum Gasteiger partial charge on any atom is -0.466 e. The summed E-state index contributed by atoms with van der Waals surface area (Å²) >= 11 is 6.02. The summed E-state index contributed by atoms with van der Waals surface area (Å²) in [6.07, 6.45) is 2.92. The summed E-state index contributed by atoms with van der Waals surface area (Å²) in [5.41, 5.74) is 2.37. The van der Waals surface area contributed by atoms with Crippen molar-refractivity contribution in [1.29, 1.82) is 0 Å². The zero-order chi connectivity index (χ0) is 23.2. The van der Waals surface area contributed by atoms with Gasteiger partial charge in [0, 0.05) is 18.0 Å². The normalized spacial score (nSPS) is 26.6. The van der Waals surface area contributed by atoms with Gasteiger partial charge in [0.2, 0.25) is 0 Å². The molecular formula is C26H27ClN2O4. The van der Waals surface area contributed by atoms with E-state index in [1.807, 2.05) is 30.3 Å². The van der Waals surface area contributed by atoms with E-state index in [1.165, 1.54) is 12.7 Å². The number of amides is 1. The fourth-order valence-corrected chi connectivity index (χ4v) is 6.13. The second kappa shape index (κ2) is 8.50. The highest BCUT2D eigenvalue weighted by molar-refractivity contribution is 6.20. The largest absolute Gasteiger partial charge is 0.466 e. The van der Waals surface area contributed by atoms with Crippen LogP contribution in [0.4, 0.5) is 10.5 Å². The first-order chi connectivity index (χ1) is 16.0. The molecule has 1 spiro atoms. The molecule has 0 bridgehead atoms. The van der Waals surface area contributed by atoms with Gasteiger partial charge in [-0.3, -0.25) is 9.80 Å². The first-order valence-electron chi connectivity index (χ1n) is 11.3. The highest BCUT2D eigenvalue weighted by Gasteiger charge is 2.64. The number of ether oxygens (including phenoxy) is 2. The van der Waals surface area contributed by atoms with Crippen LogP contribution in [0.5, 0.6) is 0 Å². The Morgan fingerprint density at radius 1 is 1.15 bits per heavy atom. The Kier molecular flexibility index (Phi) is 5.67. The van der Waals surface area contributed by atoms with Gasteiger partial charge in [-0.15, -0.1) is 0 Å². The van der Waals surface area contributed by atoms with E-state index in [0.717, 1.165) is 30.8 Å². The Morgan fingerprint density at radius 2 is 1.88 bits per heavy atom. The van der Waals surface area contributed by atoms with Crippen LogP contribution >= 0.6 is 11.6 Å². The Hall–Kier alpha value is -2.83. The molecule has 2 aliphatic heterocycles. The molecule has 6 nitrogen and oxygen atoms in total. The number of anilines is 1. The van der Waals surface area contributed by atoms with E-state index in [2.05, 4.69) is 35.2 Å². The number of esters is 1. The van der Waals surface area contributed by atoms with Crippen LogP contribution in [-0.2, 0) is 26.2 Å². The number of methoxy groups -OCH3 is 1. The molecule has 0 aromatic heterocycles. The van der Waals surface area contributed by atoms with Gasteiger partial charge in [0.15, 0.2) is 5.56 Å². The number of benzene rings is 2. The second-order valence-electron chi connectivity index (χ2n) is 8.87. The SMILES string of the molecule is COC(=O)C1=CC[C@@H]2N(Cc3ccccc3)CC[C@@]23c2ccccc2N(C(=O)OC(C)Cl)[C@@H]13. The fourth-order valence-electron chi connectivity index (χ4n) is 6.05. The predicted octanol–water partition coefficient (Wildman–Crippen LogP) is 4.61. The average molecular weight is 467 g/mol. The summed E-state index contributed by atoms with van der Waals surface area (Å²) in [6, 6.07) is 17.9. The van der Waals surface area contributed by atoms with Gasteiger partial charge in [-0.05, 0) is 43.5 Å². The molecule has 3 aliphatic rings. The molecule has 172 valence electrons. The van der Waals surface area contributed by atoms with Crippen LogP contribution in [0, 0.1) is 0 Å². The number of para-hydroxylation sites is 1. The van der Waals surface area contributed by atoms with Crippen molar-refractivity contribution in [3.8, 4) is 0 Å². The molecule has 1 fully saturated rings. The number of carbonyl (C=O) groups is 2. The molecular weight excluding hydrogens is 440 g/mol. The van der Waals surface area contributed by atoms with Gasteiger partial charge in [0.25, 0.3) is 0 Å². The highest BCUT2D eigenvalue weighted by Crippen LogP contribution is 2.58. The number of carbonyl (C=O) groups excluding carboxylic acids is 2. The number of alkyl halides is 1. The smallest absolute Gasteiger partial charge is 0.416 e. The lowest BCUT2D eigenvalue weighted by Crippen LogP contribution is -2.57. The molecule has 1 saturated heterocycles. The van der Waals surface area contributed by atoms with E-state index < -0.39 is 29.1 Å². The summed E-state index contributed by atoms with van der Waals surface area (Å²) in [5, 5.41) is 0. The highest BCUT2D eigenvalue weighted by atomic mass is 35.5. The number of hydrogen-bond donors (Lipinski definition) is 0. The number of nitrogens with zero attached hydrogens (tertiary/aromatic N) is 2. The van der Waals surface area contributed by atoms with Crippen LogP contribution in [0.3, 0.4) is 0 Å². The molecule has 2 aromatic carbocycles. The third kappa shape index (κ3) is 3.44. The third-order valence-electron chi connectivity index (χ3n) is 7.22. The molecule has 1 unspecified atom stereocenters. The van der Waals surface area contributed by atoms with Crippen molar-refractivity contribution < 1.29 is 19.1 Å². The molecule has 0 radical (unpaired) electrons. The molecule has 2 heterocycles. The van der Waals surface area contributed by atoms with Crippen LogP contribution in [0.1, 0.15) is 30.9 Å². The first kappa shape index (κ1) is 22.0. The van der Waals surface area contributed by atoms with E-state index in [0.29, 0.717) is 12.0 Å². The van der Waals surface area contributed by atoms with Crippen LogP contribution in [0.15, 0.2) is 66.2 Å². The van der Waals surface area contributed by atoms with Crippen LogP contribution in [0.25, 0.3) is 0 Å². The van der Waals surface area contributed by atoms with E-state index in [9.17, 15) is 9.59 Å². The van der Waals surface area contributed by atoms with Gasteiger partial charge in [-0.25, -0.2) is 9.59 Å². The van der Waals surface area contributed by atoms with Crippen molar-refractivity contribution in [1.82, 2.24) is 4.90 Å². The van der Waals surface area contributed by atoms with Crippen molar-refractivity contribution in [2.75, 3.05) is 18.6 Å². The molecule has 5 rings (SSSR count). The number of halogens is 1. The minimum absolute atomic E-state index is 0.128. The van der Waals surface area contributed by atoms with Crippen molar-refractivity contribution in [2.24, 2.45) is 0 Å². The van der Waals surface area contributed by atoms with Gasteiger partial charge in [0.1, 0.15) is 0 Å². The summed E-state index contributed by atoms with van der Waals surface area (Å²) in [6.45, 7) is 3.28. The fraction of sp³-hybridized carbons (Fsp3) is 0.385. The molecule has 7 heteroatoms. The maximum atomic E-state index is 13.3. The predicted molar refractivity (Wildman–Crippen MR) is 126 cm³/mol. The van der Waals surface area contributed by atoms with Crippen LogP contribution in [-0.4, -0.2) is 48.3 Å². The molecule has 33 heavy (non-hydrogen) atoms. The van der Waals surface area contributed by atoms with E-state index in [1.54, 1.807) is 11.8 Å². The number of likely N-dealkylation sites (tertiary alicyclic amines) is 1. The van der Waals surface area contributed by atoms with Gasteiger partial charge in [0.05, 0.1) is 24.4 Å². The molecule has 1 aliphatic carbocycles. The average Bonchev–Trinajstić information content (AvgIpc) is 3.33. The maximum Gasteiger partial charge on any atom is 0.416 e. The van der Waals surface area contributed by atoms with E-state index in [4.69, 9.17) is 21.1 Å². The molecule has 0 N–H and O–H groups in total. The van der Waals surface area contributed by atoms with E-state index >= 15 is 0 Å². The number of fused-ring (bicyclic) bond motifs is 1. The van der Waals surface area contributed by atoms with Crippen molar-refractivity contribution >= 4 is 29.4 Å². The van der Waals surface area contributed by atoms with Crippen molar-refractivity contribution in [3.05, 3.63) is 77.4 Å². The first-order valence-corrected chi connectivity index (χ1v) is 11.7. The third-order valence-corrected chi connectivity index (χ3v) is 7.31. The molecule has 1 amide bonds. The Labute approximate surface area is 198 Å². The van der Waals surface area contributed by atoms with Crippen molar-refractivity contribution in [3.63, 3.8) is 0 Å². The lowest BCUT2D eigenvalue weighted by atomic mass is 9.64. The van der Waals surface area contributed by atoms with Gasteiger partial charge >= 0.3 is 12.1 Å². The topological polar surface area (TPSA) is 59.1 Å². The second-order valence-corrected chi connectivity index (χ2v) is 9.48. The summed E-state index contributed by atoms with van der Waals surface area (Å²) in [4.78, 5) is 30.3. The lowest BCUT2D eigenvalue weighted by molar-refractivity contribution is -0.136. The zero-order valence-electron chi connectivity index (χ0n) is 18.7. The summed E-state index contributed by atoms with van der Waals surface area (Å²) in [5.74, 6) is -0.413. The van der Waals surface area contributed by atoms with Crippen LogP contribution < -0.4 is 4.90 Å². The van der Waals surface area contributed by atoms with E-state index in [-0.39, 0.29) is 6.04 Å². The lowest BCUT2D eigenvalue weighted by Gasteiger charge is -2.44. The minimum atomic E-state index is -0.788. The Balaban J connectivity index is 1.63.